The van der Waals surface area contributed by atoms with Crippen molar-refractivity contribution in [1.82, 2.24) is 10.3 Å². The van der Waals surface area contributed by atoms with Crippen molar-refractivity contribution in [3.63, 3.8) is 0 Å². The first kappa shape index (κ1) is 11.5. The molecule has 1 aromatic heterocycles. The van der Waals surface area contributed by atoms with Crippen molar-refractivity contribution in [2.75, 3.05) is 6.54 Å². The molecule has 1 atom stereocenters. The number of hydrogen-bond donors (Lipinski definition) is 1. The standard InChI is InChI=1S/C13H19FN2/c1-10(12-7-13(14)9-15-8-12)16-6-2-3-11-4-5-11/h7-11,16H,2-6H2,1H3. The summed E-state index contributed by atoms with van der Waals surface area (Å²) in [4.78, 5) is 3.86. The van der Waals surface area contributed by atoms with Crippen LogP contribution < -0.4 is 5.32 Å². The van der Waals surface area contributed by atoms with Crippen LogP contribution in [0.5, 0.6) is 0 Å². The molecule has 88 valence electrons. The number of hydrogen-bond acceptors (Lipinski definition) is 2. The second kappa shape index (κ2) is 5.39. The van der Waals surface area contributed by atoms with E-state index in [4.69, 9.17) is 0 Å². The zero-order valence-corrected chi connectivity index (χ0v) is 9.75. The summed E-state index contributed by atoms with van der Waals surface area (Å²) in [5, 5.41) is 3.40. The monoisotopic (exact) mass is 222 g/mol. The molecule has 0 radical (unpaired) electrons. The fourth-order valence-electron chi connectivity index (χ4n) is 1.90. The molecule has 1 saturated carbocycles. The smallest absolute Gasteiger partial charge is 0.141 e. The Morgan fingerprint density at radius 2 is 2.31 bits per heavy atom. The van der Waals surface area contributed by atoms with Crippen LogP contribution in [0.4, 0.5) is 4.39 Å². The van der Waals surface area contributed by atoms with Crippen LogP contribution in [0, 0.1) is 11.7 Å². The van der Waals surface area contributed by atoms with Gasteiger partial charge in [-0.15, -0.1) is 0 Å². The van der Waals surface area contributed by atoms with E-state index >= 15 is 0 Å². The molecule has 0 saturated heterocycles. The highest BCUT2D eigenvalue weighted by atomic mass is 19.1. The average molecular weight is 222 g/mol. The number of pyridine rings is 1. The van der Waals surface area contributed by atoms with E-state index in [-0.39, 0.29) is 11.9 Å². The van der Waals surface area contributed by atoms with Gasteiger partial charge in [0.1, 0.15) is 5.82 Å². The highest BCUT2D eigenvalue weighted by molar-refractivity contribution is 5.14. The van der Waals surface area contributed by atoms with Gasteiger partial charge in [0.25, 0.3) is 0 Å². The van der Waals surface area contributed by atoms with E-state index in [1.165, 1.54) is 31.9 Å². The van der Waals surface area contributed by atoms with Crippen molar-refractivity contribution in [3.05, 3.63) is 29.8 Å². The minimum Gasteiger partial charge on any atom is -0.310 e. The summed E-state index contributed by atoms with van der Waals surface area (Å²) < 4.78 is 12.9. The molecule has 0 aliphatic heterocycles. The quantitative estimate of drug-likeness (QED) is 0.748. The van der Waals surface area contributed by atoms with E-state index in [1.807, 2.05) is 6.92 Å². The lowest BCUT2D eigenvalue weighted by Gasteiger charge is -2.13. The maximum atomic E-state index is 12.9. The third-order valence-corrected chi connectivity index (χ3v) is 3.16. The zero-order valence-electron chi connectivity index (χ0n) is 9.75. The van der Waals surface area contributed by atoms with Gasteiger partial charge in [-0.2, -0.15) is 0 Å². The lowest BCUT2D eigenvalue weighted by Crippen LogP contribution is -2.20. The summed E-state index contributed by atoms with van der Waals surface area (Å²) >= 11 is 0. The van der Waals surface area contributed by atoms with Gasteiger partial charge in [0.2, 0.25) is 0 Å². The van der Waals surface area contributed by atoms with Gasteiger partial charge in [-0.25, -0.2) is 4.39 Å². The molecule has 1 unspecified atom stereocenters. The molecule has 0 amide bonds. The van der Waals surface area contributed by atoms with Crippen LogP contribution >= 0.6 is 0 Å². The van der Waals surface area contributed by atoms with Crippen LogP contribution in [0.2, 0.25) is 0 Å². The molecule has 1 aromatic rings. The largest absolute Gasteiger partial charge is 0.310 e. The Morgan fingerprint density at radius 3 is 3.00 bits per heavy atom. The molecule has 1 fully saturated rings. The number of aromatic nitrogens is 1. The highest BCUT2D eigenvalue weighted by Crippen LogP contribution is 2.33. The van der Waals surface area contributed by atoms with Gasteiger partial charge >= 0.3 is 0 Å². The Hall–Kier alpha value is -0.960. The number of halogens is 1. The molecule has 1 N–H and O–H groups in total. The Bertz CT molecular complexity index is 336. The van der Waals surface area contributed by atoms with Gasteiger partial charge in [-0.05, 0) is 43.9 Å². The second-order valence-electron chi connectivity index (χ2n) is 4.70. The number of nitrogens with zero attached hydrogens (tertiary/aromatic N) is 1. The van der Waals surface area contributed by atoms with Crippen LogP contribution in [-0.2, 0) is 0 Å². The third kappa shape index (κ3) is 3.56. The molecule has 1 heterocycles. The first-order chi connectivity index (χ1) is 7.75. The Labute approximate surface area is 96.3 Å². The van der Waals surface area contributed by atoms with E-state index in [0.717, 1.165) is 18.0 Å². The summed E-state index contributed by atoms with van der Waals surface area (Å²) in [7, 11) is 0. The zero-order chi connectivity index (χ0) is 11.4. The van der Waals surface area contributed by atoms with Crippen molar-refractivity contribution in [1.29, 1.82) is 0 Å². The molecule has 2 rings (SSSR count). The molecule has 16 heavy (non-hydrogen) atoms. The van der Waals surface area contributed by atoms with Crippen molar-refractivity contribution >= 4 is 0 Å². The predicted molar refractivity (Wildman–Crippen MR) is 62.6 cm³/mol. The van der Waals surface area contributed by atoms with Gasteiger partial charge in [0.05, 0.1) is 6.20 Å². The lowest BCUT2D eigenvalue weighted by molar-refractivity contribution is 0.527. The topological polar surface area (TPSA) is 24.9 Å². The van der Waals surface area contributed by atoms with E-state index in [0.29, 0.717) is 0 Å². The summed E-state index contributed by atoms with van der Waals surface area (Å²) in [6.07, 6.45) is 8.36. The molecule has 1 aliphatic carbocycles. The summed E-state index contributed by atoms with van der Waals surface area (Å²) in [5.74, 6) is 0.733. The van der Waals surface area contributed by atoms with Crippen molar-refractivity contribution in [2.45, 2.75) is 38.6 Å². The molecule has 1 aliphatic rings. The Balaban J connectivity index is 1.71. The van der Waals surface area contributed by atoms with Gasteiger partial charge in [0, 0.05) is 12.2 Å². The first-order valence-electron chi connectivity index (χ1n) is 6.09. The maximum absolute atomic E-state index is 12.9. The van der Waals surface area contributed by atoms with Crippen molar-refractivity contribution < 1.29 is 4.39 Å². The van der Waals surface area contributed by atoms with E-state index in [9.17, 15) is 4.39 Å². The van der Waals surface area contributed by atoms with E-state index < -0.39 is 0 Å². The van der Waals surface area contributed by atoms with Crippen LogP contribution in [0.15, 0.2) is 18.5 Å². The van der Waals surface area contributed by atoms with E-state index in [2.05, 4.69) is 10.3 Å². The van der Waals surface area contributed by atoms with Crippen LogP contribution in [0.1, 0.15) is 44.2 Å². The minimum atomic E-state index is -0.260. The SMILES string of the molecule is CC(NCCCC1CC1)c1cncc(F)c1. The predicted octanol–water partition coefficient (Wildman–Crippen LogP) is 3.06. The Kier molecular flexibility index (Phi) is 3.88. The molecule has 2 nitrogen and oxygen atoms in total. The minimum absolute atomic E-state index is 0.183. The second-order valence-corrected chi connectivity index (χ2v) is 4.70. The van der Waals surface area contributed by atoms with Gasteiger partial charge in [-0.3, -0.25) is 4.98 Å². The number of rotatable bonds is 6. The van der Waals surface area contributed by atoms with Crippen LogP contribution in [-0.4, -0.2) is 11.5 Å². The molecule has 0 aromatic carbocycles. The maximum Gasteiger partial charge on any atom is 0.141 e. The fraction of sp³-hybridized carbons (Fsp3) is 0.615. The Morgan fingerprint density at radius 1 is 1.50 bits per heavy atom. The lowest BCUT2D eigenvalue weighted by atomic mass is 10.1. The molecule has 0 bridgehead atoms. The van der Waals surface area contributed by atoms with Gasteiger partial charge in [0.15, 0.2) is 0 Å². The first-order valence-corrected chi connectivity index (χ1v) is 6.09. The molecular formula is C13H19FN2. The van der Waals surface area contributed by atoms with Crippen molar-refractivity contribution in [3.8, 4) is 0 Å². The normalized spacial score (nSPS) is 17.4. The summed E-state index contributed by atoms with van der Waals surface area (Å²) in [6.45, 7) is 3.06. The summed E-state index contributed by atoms with van der Waals surface area (Å²) in [5.41, 5.74) is 0.923. The third-order valence-electron chi connectivity index (χ3n) is 3.16. The van der Waals surface area contributed by atoms with E-state index in [1.54, 1.807) is 12.3 Å². The van der Waals surface area contributed by atoms with Crippen molar-refractivity contribution in [2.24, 2.45) is 5.92 Å². The van der Waals surface area contributed by atoms with Crippen LogP contribution in [0.3, 0.4) is 0 Å². The van der Waals surface area contributed by atoms with Gasteiger partial charge < -0.3 is 5.32 Å². The molecule has 3 heteroatoms. The average Bonchev–Trinajstić information content (AvgIpc) is 3.08. The van der Waals surface area contributed by atoms with Gasteiger partial charge in [-0.1, -0.05) is 12.8 Å². The molecule has 0 spiro atoms. The number of nitrogens with one attached hydrogen (secondary N) is 1. The highest BCUT2D eigenvalue weighted by Gasteiger charge is 2.20. The van der Waals surface area contributed by atoms with Crippen LogP contribution in [0.25, 0.3) is 0 Å². The molecular weight excluding hydrogens is 203 g/mol. The summed E-state index contributed by atoms with van der Waals surface area (Å²) in [6, 6.07) is 1.73. The fourth-order valence-corrected chi connectivity index (χ4v) is 1.90.